The van der Waals surface area contributed by atoms with Crippen molar-refractivity contribution >= 4 is 0 Å². The van der Waals surface area contributed by atoms with Crippen LogP contribution in [0.1, 0.15) is 40.0 Å². The first-order valence-corrected chi connectivity index (χ1v) is 7.65. The molecule has 2 unspecified atom stereocenters. The predicted octanol–water partition coefficient (Wildman–Crippen LogP) is 1.68. The van der Waals surface area contributed by atoms with Crippen LogP contribution in [0.4, 0.5) is 0 Å². The zero-order chi connectivity index (χ0) is 14.3. The highest BCUT2D eigenvalue weighted by Crippen LogP contribution is 2.18. The van der Waals surface area contributed by atoms with Crippen molar-refractivity contribution in [3.05, 3.63) is 0 Å². The molecule has 0 aromatic heterocycles. The van der Waals surface area contributed by atoms with Crippen molar-refractivity contribution in [2.45, 2.75) is 51.6 Å². The summed E-state index contributed by atoms with van der Waals surface area (Å²) in [6.07, 6.45) is 2.94. The van der Waals surface area contributed by atoms with Crippen molar-refractivity contribution in [2.75, 3.05) is 39.8 Å². The first-order chi connectivity index (χ1) is 9.06. The molecule has 0 amide bonds. The summed E-state index contributed by atoms with van der Waals surface area (Å²) in [5, 5.41) is 12.8. The van der Waals surface area contributed by atoms with Crippen LogP contribution in [0, 0.1) is 11.3 Å². The zero-order valence-corrected chi connectivity index (χ0v) is 13.1. The monoisotopic (exact) mass is 266 g/mol. The minimum Gasteiger partial charge on any atom is -0.304 e. The maximum Gasteiger partial charge on any atom is 0.106 e. The number of rotatable bonds is 7. The third-order valence-electron chi connectivity index (χ3n) is 4.35. The fraction of sp³-hybridized carbons (Fsp3) is 0.933. The van der Waals surface area contributed by atoms with E-state index < -0.39 is 0 Å². The average molecular weight is 266 g/mol. The molecule has 0 aromatic carbocycles. The molecule has 0 aliphatic carbocycles. The van der Waals surface area contributed by atoms with Crippen molar-refractivity contribution in [2.24, 2.45) is 0 Å². The Labute approximate surface area is 118 Å². The van der Waals surface area contributed by atoms with Gasteiger partial charge in [-0.1, -0.05) is 13.8 Å². The standard InChI is InChI=1S/C15H30N4/c1-5-15(13-16,17-6-2)8-7-9-19-11-10-18(4)12-14(19)3/h14,17H,5-12H2,1-4H3. The molecule has 1 heterocycles. The second kappa shape index (κ2) is 7.84. The van der Waals surface area contributed by atoms with Crippen molar-refractivity contribution in [1.29, 1.82) is 5.26 Å². The van der Waals surface area contributed by atoms with Crippen molar-refractivity contribution in [3.63, 3.8) is 0 Å². The van der Waals surface area contributed by atoms with Crippen LogP contribution in [0.5, 0.6) is 0 Å². The van der Waals surface area contributed by atoms with Crippen molar-refractivity contribution in [1.82, 2.24) is 15.1 Å². The molecule has 0 radical (unpaired) electrons. The minimum atomic E-state index is -0.315. The largest absolute Gasteiger partial charge is 0.304 e. The summed E-state index contributed by atoms with van der Waals surface area (Å²) < 4.78 is 0. The fourth-order valence-electron chi connectivity index (χ4n) is 3.00. The number of hydrogen-bond acceptors (Lipinski definition) is 4. The highest BCUT2D eigenvalue weighted by atomic mass is 15.3. The van der Waals surface area contributed by atoms with Gasteiger partial charge in [-0.3, -0.25) is 10.2 Å². The molecule has 4 nitrogen and oxygen atoms in total. The van der Waals surface area contributed by atoms with Gasteiger partial charge in [0.2, 0.25) is 0 Å². The molecule has 0 bridgehead atoms. The molecule has 1 fully saturated rings. The third-order valence-corrected chi connectivity index (χ3v) is 4.35. The number of nitrogens with zero attached hydrogens (tertiary/aromatic N) is 3. The van der Waals surface area contributed by atoms with Crippen LogP contribution in [0.25, 0.3) is 0 Å². The highest BCUT2D eigenvalue weighted by molar-refractivity contribution is 5.06. The summed E-state index contributed by atoms with van der Waals surface area (Å²) in [7, 11) is 2.19. The lowest BCUT2D eigenvalue weighted by Crippen LogP contribution is -2.51. The second-order valence-corrected chi connectivity index (χ2v) is 5.83. The minimum absolute atomic E-state index is 0.315. The Morgan fingerprint density at radius 2 is 2.11 bits per heavy atom. The Balaban J connectivity index is 2.38. The van der Waals surface area contributed by atoms with Crippen LogP contribution in [0.15, 0.2) is 0 Å². The SMILES string of the molecule is CCNC(C#N)(CC)CCCN1CCN(C)CC1C. The van der Waals surface area contributed by atoms with E-state index in [2.05, 4.69) is 49.0 Å². The van der Waals surface area contributed by atoms with E-state index >= 15 is 0 Å². The molecule has 110 valence electrons. The third kappa shape index (κ3) is 4.76. The molecule has 1 N–H and O–H groups in total. The maximum atomic E-state index is 9.40. The van der Waals surface area contributed by atoms with E-state index in [1.165, 1.54) is 0 Å². The average Bonchev–Trinajstić information content (AvgIpc) is 2.40. The lowest BCUT2D eigenvalue weighted by Gasteiger charge is -2.38. The molecule has 19 heavy (non-hydrogen) atoms. The molecule has 1 aliphatic heterocycles. The number of nitrogens with one attached hydrogen (secondary N) is 1. The molecular formula is C15H30N4. The van der Waals surface area contributed by atoms with E-state index in [1.807, 2.05) is 0 Å². The molecule has 1 saturated heterocycles. The van der Waals surface area contributed by atoms with Crippen molar-refractivity contribution < 1.29 is 0 Å². The van der Waals surface area contributed by atoms with E-state index in [1.54, 1.807) is 0 Å². The number of likely N-dealkylation sites (N-methyl/N-ethyl adjacent to an activating group) is 1. The summed E-state index contributed by atoms with van der Waals surface area (Å²) in [5.74, 6) is 0. The van der Waals surface area contributed by atoms with Gasteiger partial charge in [0.1, 0.15) is 5.54 Å². The van der Waals surface area contributed by atoms with Gasteiger partial charge in [-0.25, -0.2) is 0 Å². The quantitative estimate of drug-likeness (QED) is 0.761. The van der Waals surface area contributed by atoms with E-state index in [-0.39, 0.29) is 5.54 Å². The van der Waals surface area contributed by atoms with Crippen molar-refractivity contribution in [3.8, 4) is 6.07 Å². The summed E-state index contributed by atoms with van der Waals surface area (Å²) in [5.41, 5.74) is -0.315. The molecular weight excluding hydrogens is 236 g/mol. The molecule has 2 atom stereocenters. The lowest BCUT2D eigenvalue weighted by atomic mass is 9.91. The fourth-order valence-corrected chi connectivity index (χ4v) is 3.00. The van der Waals surface area contributed by atoms with Crippen LogP contribution in [0.3, 0.4) is 0 Å². The summed E-state index contributed by atoms with van der Waals surface area (Å²) >= 11 is 0. The maximum absolute atomic E-state index is 9.40. The molecule has 4 heteroatoms. The van der Waals surface area contributed by atoms with Gasteiger partial charge in [-0.05, 0) is 46.3 Å². The first-order valence-electron chi connectivity index (χ1n) is 7.65. The molecule has 0 saturated carbocycles. The summed E-state index contributed by atoms with van der Waals surface area (Å²) in [4.78, 5) is 4.95. The summed E-state index contributed by atoms with van der Waals surface area (Å²) in [6.45, 7) is 11.9. The van der Waals surface area contributed by atoms with E-state index in [0.717, 1.165) is 52.0 Å². The van der Waals surface area contributed by atoms with Gasteiger partial charge in [-0.15, -0.1) is 0 Å². The zero-order valence-electron chi connectivity index (χ0n) is 13.1. The second-order valence-electron chi connectivity index (χ2n) is 5.83. The summed E-state index contributed by atoms with van der Waals surface area (Å²) in [6, 6.07) is 3.12. The normalized spacial score (nSPS) is 24.9. The topological polar surface area (TPSA) is 42.3 Å². The smallest absolute Gasteiger partial charge is 0.106 e. The molecule has 1 aliphatic rings. The van der Waals surface area contributed by atoms with E-state index in [0.29, 0.717) is 6.04 Å². The van der Waals surface area contributed by atoms with Gasteiger partial charge < -0.3 is 4.90 Å². The van der Waals surface area contributed by atoms with Gasteiger partial charge in [-0.2, -0.15) is 5.26 Å². The number of piperazine rings is 1. The van der Waals surface area contributed by atoms with Crippen LogP contribution in [-0.4, -0.2) is 61.2 Å². The van der Waals surface area contributed by atoms with Gasteiger partial charge in [0, 0.05) is 25.7 Å². The Hall–Kier alpha value is -0.630. The Bertz CT molecular complexity index is 299. The van der Waals surface area contributed by atoms with Gasteiger partial charge in [0.05, 0.1) is 6.07 Å². The van der Waals surface area contributed by atoms with Gasteiger partial charge in [0.15, 0.2) is 0 Å². The van der Waals surface area contributed by atoms with Crippen LogP contribution in [-0.2, 0) is 0 Å². The Morgan fingerprint density at radius 1 is 1.37 bits per heavy atom. The number of nitriles is 1. The molecule has 1 rings (SSSR count). The number of hydrogen-bond donors (Lipinski definition) is 1. The molecule has 0 aromatic rings. The first kappa shape index (κ1) is 16.4. The Morgan fingerprint density at radius 3 is 2.63 bits per heavy atom. The lowest BCUT2D eigenvalue weighted by molar-refractivity contribution is 0.0966. The Kier molecular flexibility index (Phi) is 6.78. The van der Waals surface area contributed by atoms with Gasteiger partial charge in [0.25, 0.3) is 0 Å². The van der Waals surface area contributed by atoms with E-state index in [9.17, 15) is 5.26 Å². The van der Waals surface area contributed by atoms with Crippen LogP contribution >= 0.6 is 0 Å². The van der Waals surface area contributed by atoms with Crippen LogP contribution < -0.4 is 5.32 Å². The predicted molar refractivity (Wildman–Crippen MR) is 80.1 cm³/mol. The molecule has 0 spiro atoms. The van der Waals surface area contributed by atoms with Gasteiger partial charge >= 0.3 is 0 Å². The highest BCUT2D eigenvalue weighted by Gasteiger charge is 2.27. The van der Waals surface area contributed by atoms with Crippen LogP contribution in [0.2, 0.25) is 0 Å². The van der Waals surface area contributed by atoms with E-state index in [4.69, 9.17) is 0 Å².